The molecule has 0 bridgehead atoms. The molecule has 0 atom stereocenters. The molecule has 1 heterocycles. The largest absolute Gasteiger partial charge is 0.497 e. The SMILES string of the molecule is CCOC(=O)c1cc2cc(-c3ccc(OC)cc3)c([N+](=O)[O-])cc2nc1OC. The molecule has 0 saturated heterocycles. The van der Waals surface area contributed by atoms with E-state index < -0.39 is 10.9 Å². The van der Waals surface area contributed by atoms with Crippen molar-refractivity contribution in [2.75, 3.05) is 20.8 Å². The molecule has 0 saturated carbocycles. The number of nitro groups is 1. The van der Waals surface area contributed by atoms with Crippen LogP contribution in [0.3, 0.4) is 0 Å². The molecule has 0 aliphatic rings. The number of methoxy groups -OCH3 is 2. The van der Waals surface area contributed by atoms with Gasteiger partial charge in [0.05, 0.1) is 36.8 Å². The molecule has 0 N–H and O–H groups in total. The van der Waals surface area contributed by atoms with Gasteiger partial charge < -0.3 is 14.2 Å². The second-order valence-electron chi connectivity index (χ2n) is 5.81. The summed E-state index contributed by atoms with van der Waals surface area (Å²) in [5.74, 6) is 0.124. The minimum absolute atomic E-state index is 0.0532. The van der Waals surface area contributed by atoms with E-state index in [0.717, 1.165) is 0 Å². The molecule has 0 aliphatic carbocycles. The Balaban J connectivity index is 2.23. The summed E-state index contributed by atoms with van der Waals surface area (Å²) in [6.07, 6.45) is 0. The topological polar surface area (TPSA) is 101 Å². The number of rotatable bonds is 6. The average molecular weight is 382 g/mol. The molecule has 0 aliphatic heterocycles. The van der Waals surface area contributed by atoms with E-state index in [9.17, 15) is 14.9 Å². The van der Waals surface area contributed by atoms with Crippen LogP contribution in [0.5, 0.6) is 11.6 Å². The zero-order valence-electron chi connectivity index (χ0n) is 15.6. The predicted octanol–water partition coefficient (Wildman–Crippen LogP) is 4.00. The minimum Gasteiger partial charge on any atom is -0.497 e. The van der Waals surface area contributed by atoms with Gasteiger partial charge in [-0.3, -0.25) is 10.1 Å². The quantitative estimate of drug-likeness (QED) is 0.361. The lowest BCUT2D eigenvalue weighted by molar-refractivity contribution is -0.384. The third-order valence-corrected chi connectivity index (χ3v) is 4.18. The zero-order valence-corrected chi connectivity index (χ0v) is 15.6. The van der Waals surface area contributed by atoms with Gasteiger partial charge in [0.15, 0.2) is 0 Å². The molecule has 1 aromatic heterocycles. The van der Waals surface area contributed by atoms with Gasteiger partial charge in [-0.15, -0.1) is 0 Å². The summed E-state index contributed by atoms with van der Waals surface area (Å²) in [5.41, 5.74) is 1.45. The Morgan fingerprint density at radius 2 is 1.82 bits per heavy atom. The van der Waals surface area contributed by atoms with Gasteiger partial charge in [0.2, 0.25) is 5.88 Å². The summed E-state index contributed by atoms with van der Waals surface area (Å²) in [5, 5.41) is 12.2. The summed E-state index contributed by atoms with van der Waals surface area (Å²) in [6.45, 7) is 1.90. The smallest absolute Gasteiger partial charge is 0.343 e. The fourth-order valence-electron chi connectivity index (χ4n) is 2.86. The lowest BCUT2D eigenvalue weighted by Gasteiger charge is -2.11. The molecule has 3 rings (SSSR count). The van der Waals surface area contributed by atoms with E-state index in [1.807, 2.05) is 0 Å². The van der Waals surface area contributed by atoms with Crippen LogP contribution in [0.2, 0.25) is 0 Å². The Kier molecular flexibility index (Phi) is 5.39. The van der Waals surface area contributed by atoms with E-state index in [1.165, 1.54) is 13.2 Å². The van der Waals surface area contributed by atoms with E-state index in [1.54, 1.807) is 50.4 Å². The molecule has 28 heavy (non-hydrogen) atoms. The first-order valence-corrected chi connectivity index (χ1v) is 8.47. The van der Waals surface area contributed by atoms with Gasteiger partial charge in [0, 0.05) is 11.5 Å². The lowest BCUT2D eigenvalue weighted by Crippen LogP contribution is -2.08. The first-order chi connectivity index (χ1) is 13.5. The van der Waals surface area contributed by atoms with Crippen molar-refractivity contribution in [3.8, 4) is 22.8 Å². The number of fused-ring (bicyclic) bond motifs is 1. The van der Waals surface area contributed by atoms with Gasteiger partial charge in [-0.1, -0.05) is 12.1 Å². The molecule has 0 unspecified atom stereocenters. The van der Waals surface area contributed by atoms with E-state index in [2.05, 4.69) is 4.98 Å². The van der Waals surface area contributed by atoms with Crippen LogP contribution in [-0.2, 0) is 4.74 Å². The second kappa shape index (κ2) is 7.91. The van der Waals surface area contributed by atoms with Gasteiger partial charge in [-0.2, -0.15) is 0 Å². The maximum atomic E-state index is 12.2. The number of esters is 1. The minimum atomic E-state index is -0.571. The van der Waals surface area contributed by atoms with Crippen molar-refractivity contribution in [3.05, 3.63) is 58.1 Å². The number of carbonyl (C=O) groups is 1. The van der Waals surface area contributed by atoms with Gasteiger partial charge >= 0.3 is 5.97 Å². The molecule has 3 aromatic rings. The van der Waals surface area contributed by atoms with E-state index >= 15 is 0 Å². The predicted molar refractivity (Wildman–Crippen MR) is 103 cm³/mol. The van der Waals surface area contributed by atoms with Crippen LogP contribution in [0.1, 0.15) is 17.3 Å². The van der Waals surface area contributed by atoms with Gasteiger partial charge in [-0.05, 0) is 36.8 Å². The molecule has 0 amide bonds. The maximum Gasteiger partial charge on any atom is 0.343 e. The van der Waals surface area contributed by atoms with Crippen LogP contribution in [0.4, 0.5) is 5.69 Å². The summed E-state index contributed by atoms with van der Waals surface area (Å²) in [7, 11) is 2.92. The lowest BCUT2D eigenvalue weighted by atomic mass is 10.00. The van der Waals surface area contributed by atoms with Crippen LogP contribution in [0.15, 0.2) is 42.5 Å². The Hall–Kier alpha value is -3.68. The average Bonchev–Trinajstić information content (AvgIpc) is 2.71. The van der Waals surface area contributed by atoms with Crippen molar-refractivity contribution < 1.29 is 23.9 Å². The molecule has 144 valence electrons. The van der Waals surface area contributed by atoms with E-state index in [4.69, 9.17) is 14.2 Å². The Morgan fingerprint density at radius 3 is 2.39 bits per heavy atom. The molecule has 0 spiro atoms. The Labute approximate surface area is 160 Å². The number of hydrogen-bond acceptors (Lipinski definition) is 7. The van der Waals surface area contributed by atoms with E-state index in [0.29, 0.717) is 27.8 Å². The first-order valence-electron chi connectivity index (χ1n) is 8.47. The Bertz CT molecular complexity index is 1050. The Morgan fingerprint density at radius 1 is 1.11 bits per heavy atom. The third-order valence-electron chi connectivity index (χ3n) is 4.18. The number of nitro benzene ring substituents is 1. The molecule has 8 nitrogen and oxygen atoms in total. The van der Waals surface area contributed by atoms with Crippen LogP contribution in [0, 0.1) is 10.1 Å². The van der Waals surface area contributed by atoms with Crippen molar-refractivity contribution >= 4 is 22.6 Å². The third kappa shape index (κ3) is 3.57. The molecule has 8 heteroatoms. The van der Waals surface area contributed by atoms with Crippen molar-refractivity contribution in [1.29, 1.82) is 0 Å². The fourth-order valence-corrected chi connectivity index (χ4v) is 2.86. The van der Waals surface area contributed by atoms with Gasteiger partial charge in [0.25, 0.3) is 5.69 Å². The monoisotopic (exact) mass is 382 g/mol. The maximum absolute atomic E-state index is 12.2. The highest BCUT2D eigenvalue weighted by atomic mass is 16.6. The zero-order chi connectivity index (χ0) is 20.3. The molecule has 0 fully saturated rings. The summed E-state index contributed by atoms with van der Waals surface area (Å²) in [4.78, 5) is 27.6. The number of aromatic nitrogens is 1. The highest BCUT2D eigenvalue weighted by Crippen LogP contribution is 2.35. The normalized spacial score (nSPS) is 10.5. The molecule has 2 aromatic carbocycles. The number of nitrogens with zero attached hydrogens (tertiary/aromatic N) is 2. The number of carbonyl (C=O) groups excluding carboxylic acids is 1. The number of hydrogen-bond donors (Lipinski definition) is 0. The van der Waals surface area contributed by atoms with E-state index in [-0.39, 0.29) is 23.7 Å². The number of pyridine rings is 1. The standard InChI is InChI=1S/C20H18N2O6/c1-4-28-20(23)16-10-13-9-15(12-5-7-14(26-2)8-6-12)18(22(24)25)11-17(13)21-19(16)27-3/h5-11H,4H2,1-3H3. The highest BCUT2D eigenvalue weighted by Gasteiger charge is 2.21. The number of ether oxygens (including phenoxy) is 3. The van der Waals surface area contributed by atoms with Crippen molar-refractivity contribution in [2.24, 2.45) is 0 Å². The highest BCUT2D eigenvalue weighted by molar-refractivity contribution is 5.98. The second-order valence-corrected chi connectivity index (χ2v) is 5.81. The molecular weight excluding hydrogens is 364 g/mol. The molecule has 0 radical (unpaired) electrons. The van der Waals surface area contributed by atoms with Crippen LogP contribution < -0.4 is 9.47 Å². The number of benzene rings is 2. The first kappa shape index (κ1) is 19.1. The fraction of sp³-hybridized carbons (Fsp3) is 0.200. The van der Waals surface area contributed by atoms with Crippen molar-refractivity contribution in [3.63, 3.8) is 0 Å². The van der Waals surface area contributed by atoms with Gasteiger partial charge in [0.1, 0.15) is 11.3 Å². The summed E-state index contributed by atoms with van der Waals surface area (Å²) >= 11 is 0. The summed E-state index contributed by atoms with van der Waals surface area (Å²) < 4.78 is 15.3. The molecular formula is C20H18N2O6. The van der Waals surface area contributed by atoms with Crippen molar-refractivity contribution in [1.82, 2.24) is 4.98 Å². The van der Waals surface area contributed by atoms with Crippen LogP contribution >= 0.6 is 0 Å². The van der Waals surface area contributed by atoms with Gasteiger partial charge in [-0.25, -0.2) is 9.78 Å². The van der Waals surface area contributed by atoms with Crippen LogP contribution in [0.25, 0.3) is 22.0 Å². The van der Waals surface area contributed by atoms with Crippen molar-refractivity contribution in [2.45, 2.75) is 6.92 Å². The van der Waals surface area contributed by atoms with Crippen LogP contribution in [-0.4, -0.2) is 36.7 Å². The summed E-state index contributed by atoms with van der Waals surface area (Å²) in [6, 6.07) is 11.5.